The second-order valence-corrected chi connectivity index (χ2v) is 5.11. The molecule has 91 valence electrons. The summed E-state index contributed by atoms with van der Waals surface area (Å²) in [5, 5.41) is 0. The Labute approximate surface area is 110 Å². The molecule has 0 N–H and O–H groups in total. The number of rotatable bonds is 2. The van der Waals surface area contributed by atoms with Gasteiger partial charge in [0.2, 0.25) is 0 Å². The average Bonchev–Trinajstić information content (AvgIpc) is 2.49. The Bertz CT molecular complexity index is 492. The van der Waals surface area contributed by atoms with Gasteiger partial charge in [-0.15, -0.1) is 0 Å². The Hall–Kier alpha value is -1.56. The molecular weight excluding hydrogens is 216 g/mol. The summed E-state index contributed by atoms with van der Waals surface area (Å²) in [6.07, 6.45) is 6.72. The summed E-state index contributed by atoms with van der Waals surface area (Å²) in [7, 11) is 0. The Kier molecular flexibility index (Phi) is 3.45. The highest BCUT2D eigenvalue weighted by atomic mass is 14.2. The minimum absolute atomic E-state index is 1.29. The molecule has 0 spiro atoms. The van der Waals surface area contributed by atoms with Crippen LogP contribution in [0.25, 0.3) is 11.1 Å². The molecule has 0 aromatic heterocycles. The minimum Gasteiger partial charge on any atom is -0.0622 e. The summed E-state index contributed by atoms with van der Waals surface area (Å²) < 4.78 is 0. The molecule has 0 nitrogen and oxygen atoms in total. The second kappa shape index (κ2) is 5.39. The lowest BCUT2D eigenvalue weighted by molar-refractivity contribution is 0.551. The van der Waals surface area contributed by atoms with Crippen LogP contribution >= 0.6 is 0 Å². The SMILES string of the molecule is c1ccc(-c2cccc([C]3CCCCC3)c2)cc1. The van der Waals surface area contributed by atoms with E-state index in [1.54, 1.807) is 5.92 Å². The zero-order valence-electron chi connectivity index (χ0n) is 10.7. The van der Waals surface area contributed by atoms with E-state index in [9.17, 15) is 0 Å². The van der Waals surface area contributed by atoms with Crippen LogP contribution in [0.1, 0.15) is 37.7 Å². The number of hydrogen-bond donors (Lipinski definition) is 0. The molecule has 1 aliphatic carbocycles. The maximum Gasteiger partial charge on any atom is 0.00500 e. The molecule has 1 radical (unpaired) electrons. The van der Waals surface area contributed by atoms with Crippen molar-refractivity contribution in [3.63, 3.8) is 0 Å². The standard InChI is InChI=1S/C18H19/c1-3-8-15(9-4-1)17-12-7-13-18(14-17)16-10-5-2-6-11-16/h1,3-4,7-9,12-14H,2,5-6,10-11H2. The molecule has 3 rings (SSSR count). The van der Waals surface area contributed by atoms with Gasteiger partial charge in [-0.1, -0.05) is 73.9 Å². The van der Waals surface area contributed by atoms with E-state index in [0.29, 0.717) is 0 Å². The maximum atomic E-state index is 2.36. The predicted octanol–water partition coefficient (Wildman–Crippen LogP) is 5.24. The molecule has 0 bridgehead atoms. The van der Waals surface area contributed by atoms with Gasteiger partial charge in [-0.3, -0.25) is 0 Å². The monoisotopic (exact) mass is 235 g/mol. The van der Waals surface area contributed by atoms with Gasteiger partial charge in [-0.05, 0) is 29.5 Å². The van der Waals surface area contributed by atoms with E-state index >= 15 is 0 Å². The van der Waals surface area contributed by atoms with Crippen molar-refractivity contribution in [2.75, 3.05) is 0 Å². The van der Waals surface area contributed by atoms with E-state index in [1.807, 2.05) is 0 Å². The number of benzene rings is 2. The van der Waals surface area contributed by atoms with Crippen LogP contribution in [-0.4, -0.2) is 0 Å². The molecule has 0 amide bonds. The molecule has 1 aliphatic rings. The molecule has 0 saturated heterocycles. The molecule has 18 heavy (non-hydrogen) atoms. The summed E-state index contributed by atoms with van der Waals surface area (Å²) in [4.78, 5) is 0. The first-order valence-electron chi connectivity index (χ1n) is 6.94. The van der Waals surface area contributed by atoms with E-state index in [2.05, 4.69) is 54.6 Å². The van der Waals surface area contributed by atoms with Crippen LogP contribution in [0.2, 0.25) is 0 Å². The lowest BCUT2D eigenvalue weighted by Crippen LogP contribution is -2.05. The molecule has 0 atom stereocenters. The predicted molar refractivity (Wildman–Crippen MR) is 77.3 cm³/mol. The fourth-order valence-electron chi connectivity index (χ4n) is 2.82. The zero-order chi connectivity index (χ0) is 12.2. The summed E-state index contributed by atoms with van der Waals surface area (Å²) in [6, 6.07) is 19.7. The molecule has 1 fully saturated rings. The maximum absolute atomic E-state index is 2.36. The molecule has 0 heteroatoms. The second-order valence-electron chi connectivity index (χ2n) is 5.11. The summed E-state index contributed by atoms with van der Waals surface area (Å²) in [5.41, 5.74) is 4.11. The summed E-state index contributed by atoms with van der Waals surface area (Å²) in [5.74, 6) is 1.65. The Balaban J connectivity index is 1.89. The third-order valence-electron chi connectivity index (χ3n) is 3.84. The van der Waals surface area contributed by atoms with Gasteiger partial charge in [0.1, 0.15) is 0 Å². The highest BCUT2D eigenvalue weighted by molar-refractivity contribution is 5.64. The molecule has 0 unspecified atom stereocenters. The summed E-state index contributed by atoms with van der Waals surface area (Å²) >= 11 is 0. The Morgan fingerprint density at radius 1 is 0.556 bits per heavy atom. The van der Waals surface area contributed by atoms with Crippen LogP contribution < -0.4 is 0 Å². The van der Waals surface area contributed by atoms with Crippen LogP contribution in [-0.2, 0) is 0 Å². The van der Waals surface area contributed by atoms with Crippen LogP contribution in [0, 0.1) is 5.92 Å². The Morgan fingerprint density at radius 2 is 1.22 bits per heavy atom. The first-order valence-corrected chi connectivity index (χ1v) is 6.94. The van der Waals surface area contributed by atoms with Crippen molar-refractivity contribution in [1.29, 1.82) is 0 Å². The largest absolute Gasteiger partial charge is 0.0622 e. The fraction of sp³-hybridized carbons (Fsp3) is 0.278. The summed E-state index contributed by atoms with van der Waals surface area (Å²) in [6.45, 7) is 0. The topological polar surface area (TPSA) is 0 Å². The molecule has 0 aliphatic heterocycles. The van der Waals surface area contributed by atoms with Crippen LogP contribution in [0.3, 0.4) is 0 Å². The van der Waals surface area contributed by atoms with E-state index in [4.69, 9.17) is 0 Å². The van der Waals surface area contributed by atoms with Crippen molar-refractivity contribution < 1.29 is 0 Å². The highest BCUT2D eigenvalue weighted by Gasteiger charge is 2.16. The van der Waals surface area contributed by atoms with Gasteiger partial charge in [0.25, 0.3) is 0 Å². The molecule has 1 saturated carbocycles. The highest BCUT2D eigenvalue weighted by Crippen LogP contribution is 2.33. The van der Waals surface area contributed by atoms with Gasteiger partial charge >= 0.3 is 0 Å². The van der Waals surface area contributed by atoms with Crippen molar-refractivity contribution in [2.45, 2.75) is 32.1 Å². The van der Waals surface area contributed by atoms with Crippen molar-refractivity contribution in [3.8, 4) is 11.1 Å². The third-order valence-corrected chi connectivity index (χ3v) is 3.84. The first-order chi connectivity index (χ1) is 8.93. The molecule has 0 heterocycles. The lowest BCUT2D eigenvalue weighted by Gasteiger charge is -2.21. The zero-order valence-corrected chi connectivity index (χ0v) is 10.7. The normalized spacial score (nSPS) is 16.7. The number of hydrogen-bond acceptors (Lipinski definition) is 0. The minimum atomic E-state index is 1.29. The lowest BCUT2D eigenvalue weighted by atomic mass is 9.83. The van der Waals surface area contributed by atoms with E-state index in [-0.39, 0.29) is 0 Å². The van der Waals surface area contributed by atoms with Crippen LogP contribution in [0.5, 0.6) is 0 Å². The van der Waals surface area contributed by atoms with Gasteiger partial charge in [0.15, 0.2) is 0 Å². The molecule has 2 aromatic carbocycles. The van der Waals surface area contributed by atoms with Gasteiger partial charge in [-0.2, -0.15) is 0 Å². The van der Waals surface area contributed by atoms with Gasteiger partial charge in [0, 0.05) is 5.92 Å². The van der Waals surface area contributed by atoms with E-state index < -0.39 is 0 Å². The Morgan fingerprint density at radius 3 is 2.00 bits per heavy atom. The van der Waals surface area contributed by atoms with Gasteiger partial charge in [-0.25, -0.2) is 0 Å². The van der Waals surface area contributed by atoms with Crippen molar-refractivity contribution in [2.24, 2.45) is 0 Å². The molecule has 2 aromatic rings. The average molecular weight is 235 g/mol. The van der Waals surface area contributed by atoms with Crippen LogP contribution in [0.15, 0.2) is 54.6 Å². The first kappa shape index (κ1) is 11.5. The van der Waals surface area contributed by atoms with Crippen molar-refractivity contribution >= 4 is 0 Å². The van der Waals surface area contributed by atoms with Crippen LogP contribution in [0.4, 0.5) is 0 Å². The van der Waals surface area contributed by atoms with Crippen molar-refractivity contribution in [3.05, 3.63) is 66.1 Å². The molecular formula is C18H19. The smallest absolute Gasteiger partial charge is 0.00500 e. The van der Waals surface area contributed by atoms with E-state index in [0.717, 1.165) is 0 Å². The van der Waals surface area contributed by atoms with E-state index in [1.165, 1.54) is 48.8 Å². The third kappa shape index (κ3) is 2.48. The van der Waals surface area contributed by atoms with Crippen molar-refractivity contribution in [1.82, 2.24) is 0 Å². The quantitative estimate of drug-likeness (QED) is 0.667. The van der Waals surface area contributed by atoms with Gasteiger partial charge < -0.3 is 0 Å². The fourth-order valence-corrected chi connectivity index (χ4v) is 2.82. The van der Waals surface area contributed by atoms with Gasteiger partial charge in [0.05, 0.1) is 0 Å².